The molecule has 2 heterocycles. The molecule has 0 amide bonds. The fourth-order valence-corrected chi connectivity index (χ4v) is 2.99. The Balaban J connectivity index is 1.96. The minimum Gasteiger partial charge on any atom is -0.394 e. The Morgan fingerprint density at radius 2 is 2.04 bits per heavy atom. The van der Waals surface area contributed by atoms with Crippen molar-refractivity contribution in [1.82, 2.24) is 9.55 Å². The van der Waals surface area contributed by atoms with Crippen LogP contribution in [0.5, 0.6) is 0 Å². The summed E-state index contributed by atoms with van der Waals surface area (Å²) in [5.74, 6) is 0.114. The fraction of sp³-hybridized carbons (Fsp3) is 0.765. The van der Waals surface area contributed by atoms with Gasteiger partial charge in [0.2, 0.25) is 0 Å². The van der Waals surface area contributed by atoms with Gasteiger partial charge in [0.1, 0.15) is 24.1 Å². The molecule has 8 heteroatoms. The summed E-state index contributed by atoms with van der Waals surface area (Å²) in [5.41, 5.74) is 4.92. The number of nitrogen functional groups attached to an aromatic ring is 1. The van der Waals surface area contributed by atoms with Gasteiger partial charge in [-0.15, -0.1) is 0 Å². The monoisotopic (exact) mass is 355 g/mol. The Hall–Kier alpha value is -1.48. The van der Waals surface area contributed by atoms with Crippen LogP contribution in [-0.2, 0) is 9.47 Å². The van der Waals surface area contributed by atoms with Gasteiger partial charge in [-0.1, -0.05) is 39.0 Å². The molecule has 142 valence electrons. The second-order valence-electron chi connectivity index (χ2n) is 6.38. The van der Waals surface area contributed by atoms with Crippen LogP contribution in [0.25, 0.3) is 0 Å². The number of aliphatic hydroxyl groups excluding tert-OH is 2. The molecule has 4 atom stereocenters. The van der Waals surface area contributed by atoms with E-state index in [-0.39, 0.29) is 12.4 Å². The molecule has 25 heavy (non-hydrogen) atoms. The number of hydrogen-bond acceptors (Lipinski definition) is 7. The standard InChI is InChI=1S/C17H29N3O5/c1-2-3-4-5-6-7-10-24-15-14(22)12(11-21)25-16(15)20-9-8-13(18)19-17(20)23/h8-9,12,14-16,21-22H,2-7,10-11H2,1H3,(H2,18,19,23)/t12-,14-,15+,16-/m1/s1. The number of anilines is 1. The van der Waals surface area contributed by atoms with E-state index in [4.69, 9.17) is 15.2 Å². The van der Waals surface area contributed by atoms with E-state index >= 15 is 0 Å². The van der Waals surface area contributed by atoms with Crippen LogP contribution in [0.1, 0.15) is 51.7 Å². The molecule has 1 fully saturated rings. The average Bonchev–Trinajstić information content (AvgIpc) is 2.90. The highest BCUT2D eigenvalue weighted by atomic mass is 16.6. The molecule has 0 saturated carbocycles. The number of ether oxygens (including phenoxy) is 2. The Labute approximate surface area is 147 Å². The summed E-state index contributed by atoms with van der Waals surface area (Å²) >= 11 is 0. The molecule has 0 unspecified atom stereocenters. The Kier molecular flexibility index (Phi) is 7.83. The van der Waals surface area contributed by atoms with E-state index in [1.807, 2.05) is 0 Å². The first-order valence-electron chi connectivity index (χ1n) is 8.99. The summed E-state index contributed by atoms with van der Waals surface area (Å²) in [6, 6.07) is 1.48. The summed E-state index contributed by atoms with van der Waals surface area (Å²) in [6.07, 6.45) is 4.81. The van der Waals surface area contributed by atoms with Crippen LogP contribution in [0.4, 0.5) is 5.82 Å². The maximum Gasteiger partial charge on any atom is 0.351 e. The molecule has 0 aliphatic carbocycles. The van der Waals surface area contributed by atoms with Crippen molar-refractivity contribution in [2.24, 2.45) is 0 Å². The van der Waals surface area contributed by atoms with E-state index in [1.54, 1.807) is 0 Å². The first-order valence-corrected chi connectivity index (χ1v) is 8.99. The molecular formula is C17H29N3O5. The van der Waals surface area contributed by atoms with Gasteiger partial charge in [0.05, 0.1) is 6.61 Å². The third kappa shape index (κ3) is 5.24. The lowest BCUT2D eigenvalue weighted by Gasteiger charge is -2.22. The van der Waals surface area contributed by atoms with Crippen LogP contribution in [0.15, 0.2) is 17.1 Å². The van der Waals surface area contributed by atoms with Gasteiger partial charge in [0, 0.05) is 12.8 Å². The van der Waals surface area contributed by atoms with Crippen LogP contribution < -0.4 is 11.4 Å². The van der Waals surface area contributed by atoms with E-state index in [2.05, 4.69) is 11.9 Å². The van der Waals surface area contributed by atoms with E-state index in [1.165, 1.54) is 36.1 Å². The normalized spacial score (nSPS) is 26.2. The van der Waals surface area contributed by atoms with Crippen molar-refractivity contribution in [1.29, 1.82) is 0 Å². The first kappa shape index (κ1) is 19.8. The van der Waals surface area contributed by atoms with E-state index in [9.17, 15) is 15.0 Å². The fourth-order valence-electron chi connectivity index (χ4n) is 2.99. The Morgan fingerprint density at radius 1 is 1.32 bits per heavy atom. The van der Waals surface area contributed by atoms with Crippen molar-refractivity contribution in [2.75, 3.05) is 18.9 Å². The quantitative estimate of drug-likeness (QED) is 0.532. The molecule has 0 spiro atoms. The topological polar surface area (TPSA) is 120 Å². The van der Waals surface area contributed by atoms with Crippen molar-refractivity contribution in [3.05, 3.63) is 22.7 Å². The zero-order valence-electron chi connectivity index (χ0n) is 14.7. The number of nitrogens with zero attached hydrogens (tertiary/aromatic N) is 2. The summed E-state index contributed by atoms with van der Waals surface area (Å²) < 4.78 is 12.6. The van der Waals surface area contributed by atoms with Crippen LogP contribution in [0.3, 0.4) is 0 Å². The van der Waals surface area contributed by atoms with Gasteiger partial charge in [-0.2, -0.15) is 4.98 Å². The Morgan fingerprint density at radius 3 is 2.72 bits per heavy atom. The average molecular weight is 355 g/mol. The molecule has 0 radical (unpaired) electrons. The molecule has 8 nitrogen and oxygen atoms in total. The third-order valence-corrected chi connectivity index (χ3v) is 4.43. The van der Waals surface area contributed by atoms with Crippen LogP contribution in [-0.4, -0.2) is 51.3 Å². The molecule has 1 aliphatic rings. The molecule has 0 bridgehead atoms. The minimum atomic E-state index is -1.01. The second-order valence-corrected chi connectivity index (χ2v) is 6.38. The van der Waals surface area contributed by atoms with Gasteiger partial charge in [-0.25, -0.2) is 4.79 Å². The van der Waals surface area contributed by atoms with Crippen molar-refractivity contribution in [3.8, 4) is 0 Å². The molecule has 1 aliphatic heterocycles. The molecule has 4 N–H and O–H groups in total. The largest absolute Gasteiger partial charge is 0.394 e. The lowest BCUT2D eigenvalue weighted by atomic mass is 10.1. The van der Waals surface area contributed by atoms with Gasteiger partial charge in [-0.05, 0) is 12.5 Å². The highest BCUT2D eigenvalue weighted by Crippen LogP contribution is 2.31. The predicted octanol–water partition coefficient (Wildman–Crippen LogP) is 0.822. The molecule has 2 rings (SSSR count). The smallest absolute Gasteiger partial charge is 0.351 e. The van der Waals surface area contributed by atoms with Crippen molar-refractivity contribution in [3.63, 3.8) is 0 Å². The van der Waals surface area contributed by atoms with E-state index < -0.39 is 30.2 Å². The molecule has 1 saturated heterocycles. The maximum absolute atomic E-state index is 12.0. The Bertz CT molecular complexity index is 580. The van der Waals surface area contributed by atoms with Crippen LogP contribution in [0.2, 0.25) is 0 Å². The van der Waals surface area contributed by atoms with Gasteiger partial charge in [-0.3, -0.25) is 4.57 Å². The summed E-state index contributed by atoms with van der Waals surface area (Å²) in [6.45, 7) is 2.28. The molecule has 1 aromatic rings. The van der Waals surface area contributed by atoms with Crippen LogP contribution >= 0.6 is 0 Å². The summed E-state index contributed by atoms with van der Waals surface area (Å²) in [4.78, 5) is 15.7. The van der Waals surface area contributed by atoms with Gasteiger partial charge >= 0.3 is 5.69 Å². The highest BCUT2D eigenvalue weighted by Gasteiger charge is 2.45. The molecule has 1 aromatic heterocycles. The van der Waals surface area contributed by atoms with Crippen LogP contribution in [0, 0.1) is 0 Å². The number of hydrogen-bond donors (Lipinski definition) is 3. The number of rotatable bonds is 10. The molecular weight excluding hydrogens is 326 g/mol. The lowest BCUT2D eigenvalue weighted by Crippen LogP contribution is -2.38. The van der Waals surface area contributed by atoms with Gasteiger partial charge < -0.3 is 25.4 Å². The SMILES string of the molecule is CCCCCCCCO[C@H]1[C@H](O)[C@@H](CO)O[C@H]1n1ccc(N)nc1=O. The van der Waals surface area contributed by atoms with E-state index in [0.717, 1.165) is 19.3 Å². The van der Waals surface area contributed by atoms with Crippen molar-refractivity contribution < 1.29 is 19.7 Å². The maximum atomic E-state index is 12.0. The number of unbranched alkanes of at least 4 members (excludes halogenated alkanes) is 5. The lowest BCUT2D eigenvalue weighted by molar-refractivity contribution is -0.0748. The second kappa shape index (κ2) is 9.86. The number of aliphatic hydroxyl groups is 2. The zero-order valence-corrected chi connectivity index (χ0v) is 14.7. The minimum absolute atomic E-state index is 0.114. The highest BCUT2D eigenvalue weighted by molar-refractivity contribution is 5.23. The summed E-state index contributed by atoms with van der Waals surface area (Å²) in [5, 5.41) is 19.7. The van der Waals surface area contributed by atoms with E-state index in [0.29, 0.717) is 6.61 Å². The van der Waals surface area contributed by atoms with Crippen molar-refractivity contribution in [2.45, 2.75) is 70.0 Å². The molecule has 0 aromatic carbocycles. The predicted molar refractivity (Wildman–Crippen MR) is 93.0 cm³/mol. The van der Waals surface area contributed by atoms with Crippen molar-refractivity contribution >= 4 is 5.82 Å². The zero-order chi connectivity index (χ0) is 18.2. The third-order valence-electron chi connectivity index (χ3n) is 4.43. The van der Waals surface area contributed by atoms with Gasteiger partial charge in [0.25, 0.3) is 0 Å². The van der Waals surface area contributed by atoms with Gasteiger partial charge in [0.15, 0.2) is 6.23 Å². The number of aromatic nitrogens is 2. The summed E-state index contributed by atoms with van der Waals surface area (Å²) in [7, 11) is 0. The number of nitrogens with two attached hydrogens (primary N) is 1. The first-order chi connectivity index (χ1) is 12.1.